The van der Waals surface area contributed by atoms with Gasteiger partial charge in [0.2, 0.25) is 0 Å². The minimum absolute atomic E-state index is 0.0893. The lowest BCUT2D eigenvalue weighted by molar-refractivity contribution is 0.547. The second-order valence-electron chi connectivity index (χ2n) is 6.88. The molecule has 3 unspecified atom stereocenters. The summed E-state index contributed by atoms with van der Waals surface area (Å²) in [5.41, 5.74) is 0. The van der Waals surface area contributed by atoms with Crippen LogP contribution in [0.25, 0.3) is 0 Å². The summed E-state index contributed by atoms with van der Waals surface area (Å²) >= 11 is 0. The number of hydrogen-bond acceptors (Lipinski definition) is 1. The highest BCUT2D eigenvalue weighted by Crippen LogP contribution is 2.30. The zero-order valence-electron chi connectivity index (χ0n) is 13.4. The number of hydrogen-bond donors (Lipinski definition) is 0. The van der Waals surface area contributed by atoms with Gasteiger partial charge in [-0.25, -0.2) is 8.51 Å². The molecule has 1 aliphatic heterocycles. The maximum Gasteiger partial charge on any atom is 0.100 e. The van der Waals surface area contributed by atoms with Gasteiger partial charge in [-0.2, -0.15) is 0 Å². The van der Waals surface area contributed by atoms with Crippen molar-refractivity contribution in [2.75, 3.05) is 6.54 Å². The van der Waals surface area contributed by atoms with E-state index in [4.69, 9.17) is 0 Å². The third kappa shape index (κ3) is 6.89. The zero-order valence-corrected chi connectivity index (χ0v) is 14.2. The first-order valence-electron chi connectivity index (χ1n) is 8.15. The molecule has 2 nitrogen and oxygen atoms in total. The molecule has 19 heavy (non-hydrogen) atoms. The van der Waals surface area contributed by atoms with E-state index in [0.717, 1.165) is 6.54 Å². The lowest BCUT2D eigenvalue weighted by atomic mass is 10.1. The van der Waals surface area contributed by atoms with E-state index in [1.54, 1.807) is 0 Å². The minimum Gasteiger partial charge on any atom is -0.242 e. The molecule has 3 atom stereocenters. The highest BCUT2D eigenvalue weighted by molar-refractivity contribution is 7.84. The van der Waals surface area contributed by atoms with Crippen LogP contribution in [0.5, 0.6) is 0 Å². The Balaban J connectivity index is 1.94. The van der Waals surface area contributed by atoms with Crippen molar-refractivity contribution in [3.8, 4) is 0 Å². The number of nitrogens with zero attached hydrogens (tertiary/aromatic N) is 1. The van der Waals surface area contributed by atoms with Crippen molar-refractivity contribution in [3.05, 3.63) is 0 Å². The van der Waals surface area contributed by atoms with Crippen molar-refractivity contribution in [1.29, 1.82) is 0 Å². The van der Waals surface area contributed by atoms with E-state index in [9.17, 15) is 4.21 Å². The van der Waals surface area contributed by atoms with Gasteiger partial charge in [0.1, 0.15) is 11.0 Å². The summed E-state index contributed by atoms with van der Waals surface area (Å²) in [4.78, 5) is 0. The molecule has 0 bridgehead atoms. The van der Waals surface area contributed by atoms with Crippen LogP contribution < -0.4 is 0 Å². The van der Waals surface area contributed by atoms with Crippen LogP contribution in [0.15, 0.2) is 0 Å². The van der Waals surface area contributed by atoms with Gasteiger partial charge in [0.25, 0.3) is 0 Å². The standard InChI is InChI=1S/C16H33NOS/c1-5-6-7-8-9-10-11-12-13-15-14-17(15)19(18)16(2,3)4/h15H,5-14H2,1-4H3. The number of unbranched alkanes of at least 4 members (excludes halogenated alkanes) is 7. The van der Waals surface area contributed by atoms with E-state index in [-0.39, 0.29) is 4.75 Å². The highest BCUT2D eigenvalue weighted by atomic mass is 32.2. The summed E-state index contributed by atoms with van der Waals surface area (Å²) < 4.78 is 14.2. The van der Waals surface area contributed by atoms with Crippen LogP contribution in [0.1, 0.15) is 85.5 Å². The molecule has 3 heteroatoms. The summed E-state index contributed by atoms with van der Waals surface area (Å²) in [7, 11) is -0.787. The Bertz CT molecular complexity index is 272. The van der Waals surface area contributed by atoms with Crippen molar-refractivity contribution < 1.29 is 4.21 Å². The summed E-state index contributed by atoms with van der Waals surface area (Å²) in [6.45, 7) is 9.52. The first-order valence-corrected chi connectivity index (χ1v) is 9.26. The second kappa shape index (κ2) is 8.41. The van der Waals surface area contributed by atoms with Gasteiger partial charge in [-0.1, -0.05) is 58.3 Å². The Morgan fingerprint density at radius 2 is 1.53 bits per heavy atom. The van der Waals surface area contributed by atoms with E-state index >= 15 is 0 Å². The van der Waals surface area contributed by atoms with Crippen LogP contribution in [0, 0.1) is 0 Å². The molecule has 1 rings (SSSR count). The first kappa shape index (κ1) is 17.2. The Hall–Kier alpha value is 0.110. The van der Waals surface area contributed by atoms with E-state index in [1.165, 1.54) is 57.8 Å². The molecule has 1 fully saturated rings. The van der Waals surface area contributed by atoms with E-state index in [2.05, 4.69) is 32.0 Å². The lowest BCUT2D eigenvalue weighted by Gasteiger charge is -2.18. The monoisotopic (exact) mass is 287 g/mol. The first-order chi connectivity index (χ1) is 8.96. The van der Waals surface area contributed by atoms with Gasteiger partial charge in [0.15, 0.2) is 0 Å². The molecule has 1 aliphatic rings. The van der Waals surface area contributed by atoms with Gasteiger partial charge in [-0.3, -0.25) is 0 Å². The van der Waals surface area contributed by atoms with E-state index in [0.29, 0.717) is 6.04 Å². The van der Waals surface area contributed by atoms with Crippen molar-refractivity contribution in [1.82, 2.24) is 4.31 Å². The Morgan fingerprint density at radius 3 is 2.05 bits per heavy atom. The summed E-state index contributed by atoms with van der Waals surface area (Å²) in [5.74, 6) is 0. The summed E-state index contributed by atoms with van der Waals surface area (Å²) in [6, 6.07) is 0.611. The fourth-order valence-corrected chi connectivity index (χ4v) is 3.85. The van der Waals surface area contributed by atoms with Crippen LogP contribution in [0.3, 0.4) is 0 Å². The Kier molecular flexibility index (Phi) is 7.60. The van der Waals surface area contributed by atoms with Crippen LogP contribution >= 0.6 is 0 Å². The number of rotatable bonds is 10. The predicted molar refractivity (Wildman–Crippen MR) is 85.6 cm³/mol. The molecule has 0 aliphatic carbocycles. The molecular weight excluding hydrogens is 254 g/mol. The molecule has 1 saturated heterocycles. The van der Waals surface area contributed by atoms with Crippen LogP contribution in [-0.2, 0) is 11.0 Å². The average Bonchev–Trinajstić information content (AvgIpc) is 3.10. The molecule has 0 spiro atoms. The van der Waals surface area contributed by atoms with Crippen LogP contribution in [0.2, 0.25) is 0 Å². The van der Waals surface area contributed by atoms with E-state index in [1.807, 2.05) is 0 Å². The summed E-state index contributed by atoms with van der Waals surface area (Å²) in [5, 5.41) is 0. The fraction of sp³-hybridized carbons (Fsp3) is 1.00. The predicted octanol–water partition coefficient (Wildman–Crippen LogP) is 4.66. The fourth-order valence-electron chi connectivity index (χ4n) is 2.46. The molecule has 0 aromatic carbocycles. The van der Waals surface area contributed by atoms with Crippen molar-refractivity contribution in [2.45, 2.75) is 96.3 Å². The molecule has 1 heterocycles. The average molecular weight is 288 g/mol. The third-order valence-corrected chi connectivity index (χ3v) is 5.71. The van der Waals surface area contributed by atoms with Crippen molar-refractivity contribution in [2.24, 2.45) is 0 Å². The van der Waals surface area contributed by atoms with Gasteiger partial charge >= 0.3 is 0 Å². The van der Waals surface area contributed by atoms with Gasteiger partial charge in [0, 0.05) is 12.6 Å². The van der Waals surface area contributed by atoms with Crippen LogP contribution in [0.4, 0.5) is 0 Å². The summed E-state index contributed by atoms with van der Waals surface area (Å²) in [6.07, 6.45) is 12.3. The largest absolute Gasteiger partial charge is 0.242 e. The lowest BCUT2D eigenvalue weighted by Crippen LogP contribution is -2.28. The van der Waals surface area contributed by atoms with E-state index < -0.39 is 11.0 Å². The minimum atomic E-state index is -0.787. The maximum absolute atomic E-state index is 12.1. The maximum atomic E-state index is 12.1. The Labute approximate surface area is 122 Å². The molecule has 0 aromatic heterocycles. The molecule has 0 amide bonds. The van der Waals surface area contributed by atoms with Crippen LogP contribution in [-0.4, -0.2) is 25.8 Å². The van der Waals surface area contributed by atoms with Crippen molar-refractivity contribution in [3.63, 3.8) is 0 Å². The zero-order chi connectivity index (χ0) is 14.3. The Morgan fingerprint density at radius 1 is 1.00 bits per heavy atom. The molecule has 0 saturated carbocycles. The normalized spacial score (nSPS) is 24.4. The van der Waals surface area contributed by atoms with Gasteiger partial charge in [-0.05, 0) is 27.2 Å². The molecule has 0 N–H and O–H groups in total. The molecule has 0 aromatic rings. The van der Waals surface area contributed by atoms with Gasteiger partial charge in [-0.15, -0.1) is 0 Å². The third-order valence-electron chi connectivity index (χ3n) is 3.79. The quantitative estimate of drug-likeness (QED) is 0.422. The SMILES string of the molecule is CCCCCCCCCCC1CN1S(=O)C(C)(C)C. The highest BCUT2D eigenvalue weighted by Gasteiger charge is 2.42. The molecular formula is C16H33NOS. The second-order valence-corrected chi connectivity index (χ2v) is 9.07. The van der Waals surface area contributed by atoms with Gasteiger partial charge in [0.05, 0.1) is 4.75 Å². The molecule has 114 valence electrons. The molecule has 0 radical (unpaired) electrons. The smallest absolute Gasteiger partial charge is 0.100 e. The van der Waals surface area contributed by atoms with Crippen molar-refractivity contribution >= 4 is 11.0 Å². The topological polar surface area (TPSA) is 20.1 Å². The van der Waals surface area contributed by atoms with Gasteiger partial charge < -0.3 is 0 Å².